The van der Waals surface area contributed by atoms with Crippen LogP contribution in [0.15, 0.2) is 42.9 Å². The Labute approximate surface area is 198 Å². The van der Waals surface area contributed by atoms with Crippen molar-refractivity contribution in [3.8, 4) is 17.2 Å². The lowest BCUT2D eigenvalue weighted by atomic mass is 10.1. The Balaban J connectivity index is 1.42. The lowest BCUT2D eigenvalue weighted by molar-refractivity contribution is -0.140. The topological polar surface area (TPSA) is 141 Å². The van der Waals surface area contributed by atoms with Crippen molar-refractivity contribution in [1.82, 2.24) is 34.7 Å². The number of amides is 1. The number of benzene rings is 1. The predicted molar refractivity (Wildman–Crippen MR) is 122 cm³/mol. The number of nitrogens with one attached hydrogen (secondary N) is 1. The third-order valence-electron chi connectivity index (χ3n) is 5.84. The maximum Gasteiger partial charge on any atom is 0.328 e. The molecule has 0 radical (unpaired) electrons. The largest absolute Gasteiger partial charge is 0.480 e. The average molecular weight is 476 g/mol. The number of rotatable bonds is 7. The highest BCUT2D eigenvalue weighted by Gasteiger charge is 2.26. The summed E-state index contributed by atoms with van der Waals surface area (Å²) in [7, 11) is 0. The van der Waals surface area contributed by atoms with Gasteiger partial charge in [-0.15, -0.1) is 5.10 Å². The summed E-state index contributed by atoms with van der Waals surface area (Å²) in [6, 6.07) is 6.48. The first-order valence-corrected chi connectivity index (χ1v) is 11.0. The quantitative estimate of drug-likeness (QED) is 0.414. The third-order valence-corrected chi connectivity index (χ3v) is 5.84. The van der Waals surface area contributed by atoms with Gasteiger partial charge in [0, 0.05) is 12.1 Å². The molecule has 1 aliphatic rings. The lowest BCUT2D eigenvalue weighted by Crippen LogP contribution is -2.19. The molecule has 3 aromatic heterocycles. The molecule has 0 saturated heterocycles. The highest BCUT2D eigenvalue weighted by molar-refractivity contribution is 6.04. The van der Waals surface area contributed by atoms with Gasteiger partial charge in [-0.25, -0.2) is 23.8 Å². The fourth-order valence-electron chi connectivity index (χ4n) is 3.71. The molecular formula is C23H21FN8O3. The van der Waals surface area contributed by atoms with E-state index in [1.54, 1.807) is 30.0 Å². The molecule has 3 heterocycles. The first-order valence-electron chi connectivity index (χ1n) is 11.0. The van der Waals surface area contributed by atoms with E-state index >= 15 is 0 Å². The summed E-state index contributed by atoms with van der Waals surface area (Å²) in [5.74, 6) is -1.75. The van der Waals surface area contributed by atoms with Crippen molar-refractivity contribution >= 4 is 17.7 Å². The highest BCUT2D eigenvalue weighted by Crippen LogP contribution is 2.39. The molecule has 1 saturated carbocycles. The number of nitrogens with zero attached hydrogens (tertiary/aromatic N) is 7. The Morgan fingerprint density at radius 1 is 1.26 bits per heavy atom. The van der Waals surface area contributed by atoms with Gasteiger partial charge in [-0.3, -0.25) is 4.79 Å². The van der Waals surface area contributed by atoms with Crippen molar-refractivity contribution in [2.24, 2.45) is 0 Å². The molecule has 1 aromatic carbocycles. The number of carboxylic acid groups (broad SMARTS) is 1. The van der Waals surface area contributed by atoms with E-state index in [-0.39, 0.29) is 22.9 Å². The zero-order valence-corrected chi connectivity index (χ0v) is 18.9. The van der Waals surface area contributed by atoms with E-state index in [4.69, 9.17) is 0 Å². The fraction of sp³-hybridized carbons (Fsp3) is 0.261. The molecular weight excluding hydrogens is 455 g/mol. The molecule has 12 heteroatoms. The van der Waals surface area contributed by atoms with E-state index in [0.717, 1.165) is 23.2 Å². The van der Waals surface area contributed by atoms with Gasteiger partial charge in [0.15, 0.2) is 6.04 Å². The molecule has 1 aliphatic carbocycles. The summed E-state index contributed by atoms with van der Waals surface area (Å²) >= 11 is 0. The maximum atomic E-state index is 14.8. The number of imidazole rings is 1. The Bertz CT molecular complexity index is 1440. The molecule has 1 unspecified atom stereocenters. The molecule has 1 fully saturated rings. The van der Waals surface area contributed by atoms with Crippen molar-refractivity contribution in [3.05, 3.63) is 65.5 Å². The van der Waals surface area contributed by atoms with Crippen LogP contribution in [0.25, 0.3) is 17.2 Å². The summed E-state index contributed by atoms with van der Waals surface area (Å²) in [6.45, 7) is 3.20. The van der Waals surface area contributed by atoms with Gasteiger partial charge in [-0.1, -0.05) is 6.07 Å². The van der Waals surface area contributed by atoms with Gasteiger partial charge in [-0.05, 0) is 66.9 Å². The Morgan fingerprint density at radius 2 is 2.06 bits per heavy atom. The monoisotopic (exact) mass is 476 g/mol. The molecule has 35 heavy (non-hydrogen) atoms. The predicted octanol–water partition coefficient (Wildman–Crippen LogP) is 3.14. The van der Waals surface area contributed by atoms with Gasteiger partial charge in [-0.2, -0.15) is 0 Å². The normalized spacial score (nSPS) is 14.0. The molecule has 11 nitrogen and oxygen atoms in total. The standard InChI is InChI=1S/C23H21FN8O3/c1-12-8-16(24)15(9-19(12)31-10-18(25-11-31)14-6-7-14)22(33)27-20-5-3-4-17(26-20)21-28-29-30-32(21)13(2)23(34)35/h3-5,8-11,13-14H,6-7H2,1-2H3,(H,34,35)(H,26,27,33). The van der Waals surface area contributed by atoms with Crippen LogP contribution in [0.5, 0.6) is 0 Å². The number of carbonyl (C=O) groups excluding carboxylic acids is 1. The third kappa shape index (κ3) is 4.37. The summed E-state index contributed by atoms with van der Waals surface area (Å²) in [5.41, 5.74) is 2.40. The van der Waals surface area contributed by atoms with Crippen LogP contribution in [0, 0.1) is 12.7 Å². The van der Waals surface area contributed by atoms with Crippen LogP contribution in [0.3, 0.4) is 0 Å². The molecule has 2 N–H and O–H groups in total. The number of tetrazole rings is 1. The van der Waals surface area contributed by atoms with E-state index in [1.165, 1.54) is 25.1 Å². The van der Waals surface area contributed by atoms with Gasteiger partial charge in [0.1, 0.15) is 17.3 Å². The zero-order valence-electron chi connectivity index (χ0n) is 18.9. The number of anilines is 1. The molecule has 0 bridgehead atoms. The van der Waals surface area contributed by atoms with Crippen molar-refractivity contribution < 1.29 is 19.1 Å². The smallest absolute Gasteiger partial charge is 0.328 e. The first kappa shape index (κ1) is 22.3. The summed E-state index contributed by atoms with van der Waals surface area (Å²) in [4.78, 5) is 33.1. The van der Waals surface area contributed by atoms with E-state index in [1.807, 2.05) is 6.20 Å². The number of halogens is 1. The van der Waals surface area contributed by atoms with Crippen LogP contribution in [0.4, 0.5) is 10.2 Å². The summed E-state index contributed by atoms with van der Waals surface area (Å²) < 4.78 is 17.7. The maximum absolute atomic E-state index is 14.8. The van der Waals surface area contributed by atoms with Gasteiger partial charge < -0.3 is 15.0 Å². The minimum absolute atomic E-state index is 0.117. The minimum atomic E-state index is -1.11. The van der Waals surface area contributed by atoms with Crippen molar-refractivity contribution in [2.45, 2.75) is 38.6 Å². The summed E-state index contributed by atoms with van der Waals surface area (Å²) in [6.07, 6.45) is 5.80. The first-order chi connectivity index (χ1) is 16.8. The molecule has 1 atom stereocenters. The minimum Gasteiger partial charge on any atom is -0.480 e. The number of carbonyl (C=O) groups is 2. The number of aliphatic carboxylic acids is 1. The van der Waals surface area contributed by atoms with Gasteiger partial charge in [0.2, 0.25) is 5.82 Å². The van der Waals surface area contributed by atoms with Crippen LogP contribution in [0.2, 0.25) is 0 Å². The number of hydrogen-bond acceptors (Lipinski definition) is 7. The van der Waals surface area contributed by atoms with E-state index < -0.39 is 23.7 Å². The van der Waals surface area contributed by atoms with Crippen molar-refractivity contribution in [2.75, 3.05) is 5.32 Å². The number of carboxylic acids is 1. The van der Waals surface area contributed by atoms with Gasteiger partial charge in [0.25, 0.3) is 5.91 Å². The molecule has 4 aromatic rings. The number of aromatic nitrogens is 7. The second kappa shape index (κ2) is 8.70. The van der Waals surface area contributed by atoms with Crippen molar-refractivity contribution in [3.63, 3.8) is 0 Å². The second-order valence-electron chi connectivity index (χ2n) is 8.42. The van der Waals surface area contributed by atoms with Crippen LogP contribution in [0.1, 0.15) is 53.3 Å². The van der Waals surface area contributed by atoms with Gasteiger partial charge in [0.05, 0.1) is 23.3 Å². The molecule has 5 rings (SSSR count). The number of aryl methyl sites for hydroxylation is 1. The second-order valence-corrected chi connectivity index (χ2v) is 8.42. The Kier molecular flexibility index (Phi) is 5.55. The molecule has 1 amide bonds. The highest BCUT2D eigenvalue weighted by atomic mass is 19.1. The van der Waals surface area contributed by atoms with Crippen LogP contribution >= 0.6 is 0 Å². The number of hydrogen-bond donors (Lipinski definition) is 2. The van der Waals surface area contributed by atoms with E-state index in [2.05, 4.69) is 30.8 Å². The van der Waals surface area contributed by atoms with Crippen LogP contribution in [-0.2, 0) is 4.79 Å². The molecule has 178 valence electrons. The van der Waals surface area contributed by atoms with Crippen molar-refractivity contribution in [1.29, 1.82) is 0 Å². The SMILES string of the molecule is Cc1cc(F)c(C(=O)Nc2cccc(-c3nnnn3C(C)C(=O)O)n2)cc1-n1cnc(C2CC2)c1. The molecule has 0 spiro atoms. The number of pyridine rings is 1. The zero-order chi connectivity index (χ0) is 24.7. The Hall–Kier alpha value is -4.48. The Morgan fingerprint density at radius 3 is 2.80 bits per heavy atom. The van der Waals surface area contributed by atoms with E-state index in [0.29, 0.717) is 17.2 Å². The van der Waals surface area contributed by atoms with Crippen LogP contribution < -0.4 is 5.32 Å². The van der Waals surface area contributed by atoms with Gasteiger partial charge >= 0.3 is 5.97 Å². The lowest BCUT2D eigenvalue weighted by Gasteiger charge is -2.12. The average Bonchev–Trinajstić information content (AvgIpc) is 3.36. The van der Waals surface area contributed by atoms with E-state index in [9.17, 15) is 19.1 Å². The molecule has 0 aliphatic heterocycles. The van der Waals surface area contributed by atoms with Crippen LogP contribution in [-0.4, -0.2) is 51.7 Å². The summed E-state index contributed by atoms with van der Waals surface area (Å²) in [5, 5.41) is 23.0. The fourth-order valence-corrected chi connectivity index (χ4v) is 3.71.